The van der Waals surface area contributed by atoms with E-state index >= 15 is 0 Å². The van der Waals surface area contributed by atoms with Crippen LogP contribution in [0.4, 0.5) is 0 Å². The lowest BCUT2D eigenvalue weighted by Gasteiger charge is -2.34. The zero-order chi connectivity index (χ0) is 16.8. The molecule has 2 heterocycles. The van der Waals surface area contributed by atoms with E-state index < -0.39 is 11.3 Å². The summed E-state index contributed by atoms with van der Waals surface area (Å²) in [6.45, 7) is 2.58. The maximum atomic E-state index is 12.6. The van der Waals surface area contributed by atoms with Gasteiger partial charge in [-0.25, -0.2) is 0 Å². The van der Waals surface area contributed by atoms with Gasteiger partial charge in [0.15, 0.2) is 5.76 Å². The molecule has 0 bridgehead atoms. The molecule has 1 saturated heterocycles. The Kier molecular flexibility index (Phi) is 5.78. The maximum absolute atomic E-state index is 12.6. The van der Waals surface area contributed by atoms with Crippen LogP contribution in [-0.2, 0) is 9.53 Å². The summed E-state index contributed by atoms with van der Waals surface area (Å²) in [5.41, 5.74) is -0.416. The first-order valence-electron chi connectivity index (χ1n) is 7.70. The van der Waals surface area contributed by atoms with Crippen molar-refractivity contribution in [3.05, 3.63) is 28.3 Å². The van der Waals surface area contributed by atoms with Gasteiger partial charge in [0.1, 0.15) is 6.26 Å². The third-order valence-corrected chi connectivity index (χ3v) is 3.82. The molecule has 1 aromatic heterocycles. The fourth-order valence-corrected chi connectivity index (χ4v) is 2.69. The summed E-state index contributed by atoms with van der Waals surface area (Å²) < 4.78 is 15.0. The molecule has 0 saturated carbocycles. The van der Waals surface area contributed by atoms with Gasteiger partial charge >= 0.3 is 5.97 Å². The van der Waals surface area contributed by atoms with Crippen LogP contribution < -0.4 is 10.2 Å². The summed E-state index contributed by atoms with van der Waals surface area (Å²) in [4.78, 5) is 37.7. The summed E-state index contributed by atoms with van der Waals surface area (Å²) in [5.74, 6) is -0.720. The predicted molar refractivity (Wildman–Crippen MR) is 81.5 cm³/mol. The minimum atomic E-state index is -0.416. The normalized spacial score (nSPS) is 17.7. The molecule has 23 heavy (non-hydrogen) atoms. The minimum absolute atomic E-state index is 0.0447. The molecular formula is C16H21NO6. The molecule has 2 rings (SSSR count). The molecule has 7 nitrogen and oxygen atoms in total. The fraction of sp³-hybridized carbons (Fsp3) is 0.562. The summed E-state index contributed by atoms with van der Waals surface area (Å²) in [6.07, 6.45) is 3.80. The van der Waals surface area contributed by atoms with Crippen molar-refractivity contribution < 1.29 is 23.5 Å². The van der Waals surface area contributed by atoms with Crippen LogP contribution >= 0.6 is 0 Å². The summed E-state index contributed by atoms with van der Waals surface area (Å²) in [7, 11) is 1.35. The number of hydrogen-bond acceptors (Lipinski definition) is 6. The van der Waals surface area contributed by atoms with Gasteiger partial charge in [0.25, 0.3) is 5.91 Å². The van der Waals surface area contributed by atoms with Gasteiger partial charge < -0.3 is 18.8 Å². The van der Waals surface area contributed by atoms with Crippen LogP contribution in [0, 0.1) is 0 Å². The van der Waals surface area contributed by atoms with Gasteiger partial charge in [0.05, 0.1) is 20.1 Å². The Bertz CT molecular complexity index is 623. The fourth-order valence-electron chi connectivity index (χ4n) is 2.69. The largest absolute Gasteiger partial charge is 0.490 e. The van der Waals surface area contributed by atoms with Crippen LogP contribution in [0.1, 0.15) is 43.2 Å². The van der Waals surface area contributed by atoms with E-state index in [9.17, 15) is 14.4 Å². The van der Waals surface area contributed by atoms with Crippen LogP contribution in [0.2, 0.25) is 0 Å². The van der Waals surface area contributed by atoms with E-state index in [0.29, 0.717) is 13.2 Å². The highest BCUT2D eigenvalue weighted by atomic mass is 16.5. The van der Waals surface area contributed by atoms with Crippen molar-refractivity contribution in [2.75, 3.05) is 20.3 Å². The molecule has 0 spiro atoms. The van der Waals surface area contributed by atoms with Gasteiger partial charge in [0.2, 0.25) is 11.2 Å². The van der Waals surface area contributed by atoms with E-state index in [1.165, 1.54) is 7.11 Å². The SMILES string of the molecule is CCOC(=O)C[C@H]1CCCCN1C(=O)c1cc(=O)c(OC)co1. The minimum Gasteiger partial charge on any atom is -0.490 e. The average molecular weight is 323 g/mol. The summed E-state index contributed by atoms with van der Waals surface area (Å²) in [6, 6.07) is 0.889. The van der Waals surface area contributed by atoms with Crippen molar-refractivity contribution in [2.24, 2.45) is 0 Å². The predicted octanol–water partition coefficient (Wildman–Crippen LogP) is 1.60. The number of ether oxygens (including phenoxy) is 2. The highest BCUT2D eigenvalue weighted by Crippen LogP contribution is 2.22. The molecule has 1 aliphatic rings. The van der Waals surface area contributed by atoms with Gasteiger partial charge in [-0.15, -0.1) is 0 Å². The number of esters is 1. The molecule has 1 aliphatic heterocycles. The van der Waals surface area contributed by atoms with Crippen molar-refractivity contribution in [3.63, 3.8) is 0 Å². The zero-order valence-corrected chi connectivity index (χ0v) is 13.4. The van der Waals surface area contributed by atoms with E-state index in [1.807, 2.05) is 0 Å². The van der Waals surface area contributed by atoms with Gasteiger partial charge in [-0.1, -0.05) is 0 Å². The molecule has 0 N–H and O–H groups in total. The van der Waals surface area contributed by atoms with Crippen LogP contribution in [-0.4, -0.2) is 43.1 Å². The molecule has 0 aromatic carbocycles. The Morgan fingerprint density at radius 2 is 2.17 bits per heavy atom. The topological polar surface area (TPSA) is 86.0 Å². The monoisotopic (exact) mass is 323 g/mol. The van der Waals surface area contributed by atoms with Crippen LogP contribution in [0.15, 0.2) is 21.5 Å². The lowest BCUT2D eigenvalue weighted by atomic mass is 9.99. The lowest BCUT2D eigenvalue weighted by Crippen LogP contribution is -2.45. The van der Waals surface area contributed by atoms with Crippen molar-refractivity contribution in [3.8, 4) is 5.75 Å². The molecule has 7 heteroatoms. The first kappa shape index (κ1) is 17.1. The third kappa shape index (κ3) is 4.12. The molecule has 1 atom stereocenters. The number of carbonyl (C=O) groups excluding carboxylic acids is 2. The van der Waals surface area contributed by atoms with Gasteiger partial charge in [0, 0.05) is 18.7 Å². The number of hydrogen-bond donors (Lipinski definition) is 0. The Morgan fingerprint density at radius 3 is 2.83 bits per heavy atom. The van der Waals surface area contributed by atoms with Crippen LogP contribution in [0.5, 0.6) is 5.75 Å². The number of amides is 1. The first-order valence-corrected chi connectivity index (χ1v) is 7.70. The van der Waals surface area contributed by atoms with E-state index in [1.54, 1.807) is 11.8 Å². The highest BCUT2D eigenvalue weighted by Gasteiger charge is 2.31. The maximum Gasteiger partial charge on any atom is 0.307 e. The molecule has 1 fully saturated rings. The molecule has 0 unspecified atom stereocenters. The molecule has 1 aromatic rings. The Labute approximate surface area is 134 Å². The van der Waals surface area contributed by atoms with Crippen molar-refractivity contribution >= 4 is 11.9 Å². The number of rotatable bonds is 5. The second kappa shape index (κ2) is 7.80. The molecule has 0 aliphatic carbocycles. The number of piperidine rings is 1. The Morgan fingerprint density at radius 1 is 1.39 bits per heavy atom. The summed E-state index contributed by atoms with van der Waals surface area (Å²) in [5, 5.41) is 0. The van der Waals surface area contributed by atoms with Crippen molar-refractivity contribution in [1.29, 1.82) is 0 Å². The molecule has 0 radical (unpaired) electrons. The van der Waals surface area contributed by atoms with Gasteiger partial charge in [-0.2, -0.15) is 0 Å². The Balaban J connectivity index is 2.16. The zero-order valence-electron chi connectivity index (χ0n) is 13.4. The third-order valence-electron chi connectivity index (χ3n) is 3.82. The molecular weight excluding hydrogens is 302 g/mol. The smallest absolute Gasteiger partial charge is 0.307 e. The van der Waals surface area contributed by atoms with E-state index in [2.05, 4.69) is 0 Å². The van der Waals surface area contributed by atoms with Gasteiger partial charge in [-0.3, -0.25) is 14.4 Å². The number of carbonyl (C=O) groups is 2. The molecule has 126 valence electrons. The summed E-state index contributed by atoms with van der Waals surface area (Å²) >= 11 is 0. The second-order valence-corrected chi connectivity index (χ2v) is 5.33. The average Bonchev–Trinajstić information content (AvgIpc) is 2.55. The number of likely N-dealkylation sites (tertiary alicyclic amines) is 1. The standard InChI is InChI=1S/C16H21NO6/c1-3-22-15(19)8-11-6-4-5-7-17(11)16(20)13-9-12(18)14(21-2)10-23-13/h9-11H,3-8H2,1-2H3/t11-/m1/s1. The number of methoxy groups -OCH3 is 1. The van der Waals surface area contributed by atoms with Crippen LogP contribution in [0.25, 0.3) is 0 Å². The second-order valence-electron chi connectivity index (χ2n) is 5.33. The van der Waals surface area contributed by atoms with Crippen molar-refractivity contribution in [1.82, 2.24) is 4.90 Å². The van der Waals surface area contributed by atoms with E-state index in [0.717, 1.165) is 31.6 Å². The Hall–Kier alpha value is -2.31. The molecule has 1 amide bonds. The van der Waals surface area contributed by atoms with E-state index in [4.69, 9.17) is 13.9 Å². The lowest BCUT2D eigenvalue weighted by molar-refractivity contribution is -0.144. The highest BCUT2D eigenvalue weighted by molar-refractivity contribution is 5.92. The van der Waals surface area contributed by atoms with Crippen LogP contribution in [0.3, 0.4) is 0 Å². The quantitative estimate of drug-likeness (QED) is 0.765. The van der Waals surface area contributed by atoms with Crippen molar-refractivity contribution in [2.45, 2.75) is 38.6 Å². The first-order chi connectivity index (χ1) is 11.1. The van der Waals surface area contributed by atoms with E-state index in [-0.39, 0.29) is 29.9 Å². The number of nitrogens with zero attached hydrogens (tertiary/aromatic N) is 1. The van der Waals surface area contributed by atoms with Gasteiger partial charge in [-0.05, 0) is 26.2 Å².